The lowest BCUT2D eigenvalue weighted by atomic mass is 10.2. The summed E-state index contributed by atoms with van der Waals surface area (Å²) in [6, 6.07) is 18.8. The van der Waals surface area contributed by atoms with E-state index in [9.17, 15) is 5.11 Å². The molecule has 0 aliphatic carbocycles. The molecular formula is C22H27N2OPS. The van der Waals surface area contributed by atoms with Crippen molar-refractivity contribution in [1.29, 1.82) is 0 Å². The highest BCUT2D eigenvalue weighted by atomic mass is 32.4. The van der Waals surface area contributed by atoms with E-state index in [0.717, 1.165) is 37.5 Å². The molecule has 0 amide bonds. The predicted octanol–water partition coefficient (Wildman–Crippen LogP) is 4.86. The zero-order valence-corrected chi connectivity index (χ0v) is 17.4. The molecule has 1 heterocycles. The van der Waals surface area contributed by atoms with Gasteiger partial charge in [-0.15, -0.1) is 0 Å². The molecule has 5 heteroatoms. The first kappa shape index (κ1) is 20.0. The van der Waals surface area contributed by atoms with Crippen molar-refractivity contribution in [1.82, 2.24) is 9.55 Å². The lowest BCUT2D eigenvalue weighted by Crippen LogP contribution is -2.14. The van der Waals surface area contributed by atoms with Gasteiger partial charge in [-0.3, -0.25) is 0 Å². The molecule has 0 saturated carbocycles. The summed E-state index contributed by atoms with van der Waals surface area (Å²) < 4.78 is 2.01. The van der Waals surface area contributed by atoms with Crippen LogP contribution < -0.4 is 0 Å². The summed E-state index contributed by atoms with van der Waals surface area (Å²) in [6.07, 6.45) is 7.17. The molecule has 0 aliphatic heterocycles. The molecule has 3 aromatic rings. The van der Waals surface area contributed by atoms with Crippen molar-refractivity contribution in [2.75, 3.05) is 12.3 Å². The first-order valence-electron chi connectivity index (χ1n) is 9.47. The molecule has 1 N–H and O–H groups in total. The fourth-order valence-corrected chi connectivity index (χ4v) is 6.77. The number of aryl methyl sites for hydroxylation is 3. The number of nitrogens with zero attached hydrogens (tertiary/aromatic N) is 2. The fraction of sp³-hybridized carbons (Fsp3) is 0.318. The van der Waals surface area contributed by atoms with Crippen LogP contribution in [0.1, 0.15) is 29.7 Å². The summed E-state index contributed by atoms with van der Waals surface area (Å²) in [6.45, 7) is 2.86. The summed E-state index contributed by atoms with van der Waals surface area (Å²) in [4.78, 5) is 4.44. The van der Waals surface area contributed by atoms with Crippen LogP contribution in [0.5, 0.6) is 0 Å². The van der Waals surface area contributed by atoms with Crippen LogP contribution in [0.4, 0.5) is 0 Å². The van der Waals surface area contributed by atoms with Crippen molar-refractivity contribution in [3.63, 3.8) is 0 Å². The predicted molar refractivity (Wildman–Crippen MR) is 117 cm³/mol. The van der Waals surface area contributed by atoms with Crippen molar-refractivity contribution in [2.24, 2.45) is 0 Å². The molecule has 1 atom stereocenters. The van der Waals surface area contributed by atoms with Gasteiger partial charge in [0.15, 0.2) is 0 Å². The molecule has 0 aliphatic rings. The standard InChI is InChI=1S/C22H27N2OPS/c1-2-24-16-15-23-21(24)22(25)26(27,17-13-19-9-5-3-6-10-19)18-14-20-11-7-4-8-12-20/h3-12,15-16,22,25H,2,13-14,17-18H2,1H3. The molecule has 1 unspecified atom stereocenters. The Labute approximate surface area is 167 Å². The van der Waals surface area contributed by atoms with Crippen molar-refractivity contribution in [3.05, 3.63) is 90.0 Å². The van der Waals surface area contributed by atoms with Crippen LogP contribution in [0.2, 0.25) is 0 Å². The van der Waals surface area contributed by atoms with Gasteiger partial charge in [0.2, 0.25) is 0 Å². The van der Waals surface area contributed by atoms with Crippen LogP contribution in [0.25, 0.3) is 0 Å². The minimum absolute atomic E-state index is 0.658. The lowest BCUT2D eigenvalue weighted by molar-refractivity contribution is 0.246. The van der Waals surface area contributed by atoms with Crippen LogP contribution in [0.15, 0.2) is 73.1 Å². The molecule has 3 rings (SSSR count). The largest absolute Gasteiger partial charge is 0.380 e. The van der Waals surface area contributed by atoms with Crippen molar-refractivity contribution in [2.45, 2.75) is 32.2 Å². The minimum Gasteiger partial charge on any atom is -0.380 e. The summed E-state index contributed by atoms with van der Waals surface area (Å²) >= 11 is 6.19. The van der Waals surface area contributed by atoms with Crippen molar-refractivity contribution < 1.29 is 5.11 Å². The summed E-state index contributed by atoms with van der Waals surface area (Å²) in [7, 11) is 0. The first-order chi connectivity index (χ1) is 13.1. The van der Waals surface area contributed by atoms with E-state index in [1.165, 1.54) is 11.1 Å². The topological polar surface area (TPSA) is 38.0 Å². The van der Waals surface area contributed by atoms with Gasteiger partial charge in [0.1, 0.15) is 11.7 Å². The lowest BCUT2D eigenvalue weighted by Gasteiger charge is -2.28. The second-order valence-electron chi connectivity index (χ2n) is 6.82. The molecule has 27 heavy (non-hydrogen) atoms. The zero-order chi connectivity index (χ0) is 19.1. The van der Waals surface area contributed by atoms with Gasteiger partial charge < -0.3 is 9.67 Å². The number of imidazole rings is 1. The summed E-state index contributed by atoms with van der Waals surface area (Å²) in [5, 5.41) is 11.3. The van der Waals surface area contributed by atoms with Gasteiger partial charge in [0.25, 0.3) is 0 Å². The monoisotopic (exact) mass is 398 g/mol. The van der Waals surface area contributed by atoms with Crippen LogP contribution in [-0.4, -0.2) is 27.0 Å². The van der Waals surface area contributed by atoms with Crippen LogP contribution in [-0.2, 0) is 31.2 Å². The Balaban J connectivity index is 1.81. The maximum atomic E-state index is 11.3. The van der Waals surface area contributed by atoms with Crippen molar-refractivity contribution in [3.8, 4) is 0 Å². The molecule has 142 valence electrons. The van der Waals surface area contributed by atoms with E-state index < -0.39 is 11.9 Å². The maximum Gasteiger partial charge on any atom is 0.142 e. The highest BCUT2D eigenvalue weighted by Gasteiger charge is 2.30. The molecule has 0 bridgehead atoms. The quantitative estimate of drug-likeness (QED) is 0.523. The van der Waals surface area contributed by atoms with E-state index in [4.69, 9.17) is 11.8 Å². The fourth-order valence-electron chi connectivity index (χ4n) is 3.32. The second kappa shape index (κ2) is 9.45. The first-order valence-corrected chi connectivity index (χ1v) is 12.7. The molecule has 0 saturated heterocycles. The summed E-state index contributed by atoms with van der Waals surface area (Å²) in [5.41, 5.74) is 2.55. The van der Waals surface area contributed by atoms with E-state index >= 15 is 0 Å². The normalized spacial score (nSPS) is 12.8. The maximum absolute atomic E-state index is 11.3. The molecule has 2 aromatic carbocycles. The Bertz CT molecular complexity index is 832. The highest BCUT2D eigenvalue weighted by Crippen LogP contribution is 2.58. The van der Waals surface area contributed by atoms with Gasteiger partial charge in [-0.25, -0.2) is 4.98 Å². The number of aliphatic hydroxyl groups excluding tert-OH is 1. The molecule has 0 fully saturated rings. The Morgan fingerprint density at radius 1 is 0.963 bits per heavy atom. The number of hydrogen-bond donors (Lipinski definition) is 1. The minimum atomic E-state index is -2.06. The Kier molecular flexibility index (Phi) is 7.01. The highest BCUT2D eigenvalue weighted by molar-refractivity contribution is 8.14. The molecule has 3 nitrogen and oxygen atoms in total. The number of hydrogen-bond acceptors (Lipinski definition) is 3. The van der Waals surface area contributed by atoms with E-state index in [-0.39, 0.29) is 0 Å². The second-order valence-corrected chi connectivity index (χ2v) is 12.3. The smallest absolute Gasteiger partial charge is 0.142 e. The number of aliphatic hydroxyl groups is 1. The van der Waals surface area contributed by atoms with Crippen molar-refractivity contribution >= 4 is 17.8 Å². The van der Waals surface area contributed by atoms with Crippen LogP contribution in [0, 0.1) is 0 Å². The molecular weight excluding hydrogens is 371 g/mol. The van der Waals surface area contributed by atoms with Gasteiger partial charge >= 0.3 is 0 Å². The number of rotatable bonds is 9. The van der Waals surface area contributed by atoms with Gasteiger partial charge in [-0.2, -0.15) is 0 Å². The van der Waals surface area contributed by atoms with E-state index in [0.29, 0.717) is 0 Å². The van der Waals surface area contributed by atoms with Crippen LogP contribution in [0.3, 0.4) is 0 Å². The Morgan fingerprint density at radius 3 is 1.96 bits per heavy atom. The van der Waals surface area contributed by atoms with Crippen LogP contribution >= 0.6 is 6.04 Å². The van der Waals surface area contributed by atoms with E-state index in [1.54, 1.807) is 6.20 Å². The van der Waals surface area contributed by atoms with Gasteiger partial charge in [0.05, 0.1) is 0 Å². The third kappa shape index (κ3) is 5.16. The molecule has 0 radical (unpaired) electrons. The average molecular weight is 399 g/mol. The Morgan fingerprint density at radius 2 is 1.48 bits per heavy atom. The van der Waals surface area contributed by atoms with Gasteiger partial charge in [0, 0.05) is 18.9 Å². The summed E-state index contributed by atoms with van der Waals surface area (Å²) in [5.74, 6) is 0.0665. The number of benzene rings is 2. The van der Waals surface area contributed by atoms with Gasteiger partial charge in [-0.05, 0) is 49.3 Å². The molecule has 0 spiro atoms. The SMILES string of the molecule is CCn1ccnc1C(O)P(=S)(CCc1ccccc1)CCc1ccccc1. The third-order valence-electron chi connectivity index (χ3n) is 5.01. The average Bonchev–Trinajstić information content (AvgIpc) is 3.20. The Hall–Kier alpha value is -1.74. The van der Waals surface area contributed by atoms with E-state index in [2.05, 4.69) is 60.4 Å². The van der Waals surface area contributed by atoms with Gasteiger partial charge in [-0.1, -0.05) is 72.5 Å². The zero-order valence-electron chi connectivity index (χ0n) is 15.7. The molecule has 1 aromatic heterocycles. The third-order valence-corrected chi connectivity index (χ3v) is 9.79. The van der Waals surface area contributed by atoms with E-state index in [1.807, 2.05) is 22.9 Å². The number of aromatic nitrogens is 2.